The molecule has 0 aliphatic heterocycles. The summed E-state index contributed by atoms with van der Waals surface area (Å²) in [6.45, 7) is 5.11. The molecule has 0 radical (unpaired) electrons. The summed E-state index contributed by atoms with van der Waals surface area (Å²) >= 11 is 0. The third-order valence-corrected chi connectivity index (χ3v) is 9.46. The highest BCUT2D eigenvalue weighted by Gasteiger charge is 2.13. The van der Waals surface area contributed by atoms with E-state index in [2.05, 4.69) is 30.4 Å². The van der Waals surface area contributed by atoms with Crippen molar-refractivity contribution in [2.24, 2.45) is 0 Å². The van der Waals surface area contributed by atoms with Crippen LogP contribution in [0.15, 0.2) is 0 Å². The van der Waals surface area contributed by atoms with Crippen molar-refractivity contribution in [1.29, 1.82) is 0 Å². The third-order valence-electron chi connectivity index (χ3n) is 7.64. The van der Waals surface area contributed by atoms with E-state index in [9.17, 15) is 19.2 Å². The van der Waals surface area contributed by atoms with Crippen molar-refractivity contribution in [2.45, 2.75) is 142 Å². The average molecular weight is 679 g/mol. The second kappa shape index (κ2) is 33.8. The molecule has 0 saturated heterocycles. The Kier molecular flexibility index (Phi) is 33.4. The molecule has 0 heterocycles. The number of unbranched alkanes of at least 4 members (excludes halogenated alkanes) is 15. The molecule has 0 aromatic carbocycles. The molecule has 0 saturated carbocycles. The first kappa shape index (κ1) is 43.5. The number of amides is 2. The monoisotopic (exact) mass is 678 g/mol. The molecule has 11 heteroatoms. The summed E-state index contributed by atoms with van der Waals surface area (Å²) < 4.78 is 11.1. The van der Waals surface area contributed by atoms with Gasteiger partial charge in [-0.3, -0.25) is 19.2 Å². The van der Waals surface area contributed by atoms with Gasteiger partial charge in [-0.05, 0) is 27.5 Å². The van der Waals surface area contributed by atoms with Crippen LogP contribution in [0.25, 0.3) is 0 Å². The van der Waals surface area contributed by atoms with Gasteiger partial charge in [0.1, 0.15) is 0 Å². The summed E-state index contributed by atoms with van der Waals surface area (Å²) in [6, 6.07) is 0. The van der Waals surface area contributed by atoms with Crippen LogP contribution < -0.4 is 5.32 Å². The first-order valence-electron chi connectivity index (χ1n) is 17.4. The van der Waals surface area contributed by atoms with Crippen LogP contribution in [0.1, 0.15) is 142 Å². The molecule has 0 spiro atoms. The second-order valence-electron chi connectivity index (χ2n) is 11.6. The first-order valence-corrected chi connectivity index (χ1v) is 20.8. The minimum absolute atomic E-state index is 0.00567. The highest BCUT2D eigenvalue weighted by Crippen LogP contribution is 2.22. The summed E-state index contributed by atoms with van der Waals surface area (Å²) in [5.41, 5.74) is 0.149. The van der Waals surface area contributed by atoms with E-state index < -0.39 is 0 Å². The fourth-order valence-electron chi connectivity index (χ4n) is 4.86. The van der Waals surface area contributed by atoms with Crippen molar-refractivity contribution in [2.75, 3.05) is 46.1 Å². The summed E-state index contributed by atoms with van der Waals surface area (Å²) in [4.78, 5) is 49.2. The van der Waals surface area contributed by atoms with Crippen molar-refractivity contribution >= 4 is 49.3 Å². The van der Waals surface area contributed by atoms with Gasteiger partial charge in [0.2, 0.25) is 11.8 Å². The van der Waals surface area contributed by atoms with Crippen molar-refractivity contribution in [3.05, 3.63) is 0 Å². The smallest absolute Gasteiger partial charge is 0.222 e. The molecule has 2 amide bonds. The molecule has 3 atom stereocenters. The van der Waals surface area contributed by atoms with Gasteiger partial charge >= 0.3 is 0 Å². The number of carbonyl (C=O) groups excluding carboxylic acids is 4. The van der Waals surface area contributed by atoms with Crippen LogP contribution in [0.5, 0.6) is 0 Å². The maximum Gasteiger partial charge on any atom is 0.222 e. The Morgan fingerprint density at radius 2 is 1.09 bits per heavy atom. The quantitative estimate of drug-likeness (QED) is 0.0557. The van der Waals surface area contributed by atoms with E-state index in [1.807, 2.05) is 0 Å². The van der Waals surface area contributed by atoms with Crippen molar-refractivity contribution in [3.8, 4) is 0 Å². The molecule has 0 fully saturated rings. The molecule has 258 valence electrons. The molecular formula is C33H65N2O6P3. The minimum atomic E-state index is -0.00567. The average Bonchev–Trinajstić information content (AvgIpc) is 3.00. The lowest BCUT2D eigenvalue weighted by molar-refractivity contribution is -0.133. The van der Waals surface area contributed by atoms with E-state index in [1.54, 1.807) is 4.90 Å². The number of hydrogen-bond donors (Lipinski definition) is 1. The topological polar surface area (TPSA) is 102 Å². The van der Waals surface area contributed by atoms with Gasteiger partial charge in [-0.15, -0.1) is 8.93 Å². The fraction of sp³-hybridized carbons (Fsp3) is 0.879. The molecule has 3 unspecified atom stereocenters. The van der Waals surface area contributed by atoms with E-state index in [0.29, 0.717) is 78.2 Å². The number of nitrogens with zero attached hydrogens (tertiary/aromatic N) is 1. The van der Waals surface area contributed by atoms with Crippen molar-refractivity contribution < 1.29 is 28.7 Å². The SMILES string of the molecule is CCCCCCCCCCCCCCCCCC(=O)NCCCCC(=O)N(CCOCCC(=O)P)CCOCCC(=O)PP. The van der Waals surface area contributed by atoms with E-state index >= 15 is 0 Å². The fourth-order valence-corrected chi connectivity index (χ4v) is 5.65. The van der Waals surface area contributed by atoms with Crippen LogP contribution in [0.3, 0.4) is 0 Å². The predicted molar refractivity (Wildman–Crippen MR) is 192 cm³/mol. The van der Waals surface area contributed by atoms with Gasteiger partial charge in [0.05, 0.1) is 26.4 Å². The van der Waals surface area contributed by atoms with Crippen LogP contribution in [0.4, 0.5) is 0 Å². The number of rotatable bonds is 34. The standard InChI is InChI=1S/C33H65N2O6P3/c1-2-3-4-5-6-7-8-9-10-11-12-13-14-15-16-19-30(36)34-23-18-17-20-31(37)35(24-28-40-26-21-32(38)42)25-29-41-27-22-33(39)44-43/h44H,2-29,42-43H2,1H3,(H,34,36). The summed E-state index contributed by atoms with van der Waals surface area (Å²) in [7, 11) is 4.76. The lowest BCUT2D eigenvalue weighted by Crippen LogP contribution is -2.37. The normalized spacial score (nSPS) is 11.3. The third kappa shape index (κ3) is 31.5. The van der Waals surface area contributed by atoms with Crippen LogP contribution in [0.2, 0.25) is 0 Å². The van der Waals surface area contributed by atoms with Gasteiger partial charge in [-0.25, -0.2) is 0 Å². The van der Waals surface area contributed by atoms with Crippen molar-refractivity contribution in [3.63, 3.8) is 0 Å². The molecule has 0 aromatic heterocycles. The Morgan fingerprint density at radius 1 is 0.614 bits per heavy atom. The summed E-state index contributed by atoms with van der Waals surface area (Å²) in [5.74, 6) is 0.123. The molecule has 0 aliphatic carbocycles. The Balaban J connectivity index is 3.86. The van der Waals surface area contributed by atoms with Gasteiger partial charge in [0.15, 0.2) is 11.0 Å². The van der Waals surface area contributed by atoms with E-state index in [-0.39, 0.29) is 31.1 Å². The van der Waals surface area contributed by atoms with Gasteiger partial charge in [-0.1, -0.05) is 106 Å². The lowest BCUT2D eigenvalue weighted by atomic mass is 10.0. The molecule has 0 aliphatic rings. The lowest BCUT2D eigenvalue weighted by Gasteiger charge is -2.23. The zero-order chi connectivity index (χ0) is 32.5. The van der Waals surface area contributed by atoms with Gasteiger partial charge in [0, 0.05) is 45.3 Å². The second-order valence-corrected chi connectivity index (χ2v) is 14.0. The zero-order valence-electron chi connectivity index (χ0n) is 27.9. The number of carbonyl (C=O) groups is 4. The number of nitrogens with one attached hydrogen (secondary N) is 1. The molecule has 0 bridgehead atoms. The Hall–Kier alpha value is -0.510. The van der Waals surface area contributed by atoms with Crippen molar-refractivity contribution in [1.82, 2.24) is 10.2 Å². The molecule has 0 rings (SSSR count). The Morgan fingerprint density at radius 3 is 1.59 bits per heavy atom. The minimum Gasteiger partial charge on any atom is -0.379 e. The van der Waals surface area contributed by atoms with Gasteiger partial charge in [0.25, 0.3) is 0 Å². The molecule has 1 N–H and O–H groups in total. The highest BCUT2D eigenvalue weighted by molar-refractivity contribution is 8.11. The van der Waals surface area contributed by atoms with Crippen LogP contribution in [-0.4, -0.2) is 73.8 Å². The Labute approximate surface area is 275 Å². The molecule has 44 heavy (non-hydrogen) atoms. The Bertz CT molecular complexity index is 730. The van der Waals surface area contributed by atoms with Crippen LogP contribution in [-0.2, 0) is 28.7 Å². The van der Waals surface area contributed by atoms with Crippen LogP contribution >= 0.6 is 26.4 Å². The zero-order valence-corrected chi connectivity index (χ0v) is 31.2. The number of ether oxygens (including phenoxy) is 2. The summed E-state index contributed by atoms with van der Waals surface area (Å²) in [6.07, 6.45) is 22.9. The molecule has 8 nitrogen and oxygen atoms in total. The van der Waals surface area contributed by atoms with Crippen LogP contribution in [0, 0.1) is 0 Å². The van der Waals surface area contributed by atoms with E-state index in [1.165, 1.54) is 83.5 Å². The predicted octanol–water partition coefficient (Wildman–Crippen LogP) is 7.57. The molecular weight excluding hydrogens is 613 g/mol. The maximum absolute atomic E-state index is 12.8. The van der Waals surface area contributed by atoms with Gasteiger partial charge < -0.3 is 19.7 Å². The molecule has 0 aromatic rings. The van der Waals surface area contributed by atoms with E-state index in [0.717, 1.165) is 19.3 Å². The maximum atomic E-state index is 12.8. The largest absolute Gasteiger partial charge is 0.379 e. The van der Waals surface area contributed by atoms with Gasteiger partial charge in [-0.2, -0.15) is 0 Å². The summed E-state index contributed by atoms with van der Waals surface area (Å²) in [5, 5.41) is 2.99. The first-order chi connectivity index (χ1) is 21.4. The van der Waals surface area contributed by atoms with E-state index in [4.69, 9.17) is 9.47 Å². The highest BCUT2D eigenvalue weighted by atomic mass is 32.0. The number of hydrogen-bond acceptors (Lipinski definition) is 6.